The molecule has 0 radical (unpaired) electrons. The van der Waals surface area contributed by atoms with E-state index < -0.39 is 0 Å². The van der Waals surface area contributed by atoms with Crippen molar-refractivity contribution in [2.75, 3.05) is 19.8 Å². The molecule has 1 aromatic rings. The second kappa shape index (κ2) is 8.23. The topological polar surface area (TPSA) is 21.3 Å². The summed E-state index contributed by atoms with van der Waals surface area (Å²) < 4.78 is 6.54. The fourth-order valence-corrected chi connectivity index (χ4v) is 3.02. The lowest BCUT2D eigenvalue weighted by atomic mass is 10.3. The van der Waals surface area contributed by atoms with Crippen LogP contribution in [-0.4, -0.2) is 19.8 Å². The van der Waals surface area contributed by atoms with Crippen LogP contribution in [0.5, 0.6) is 0 Å². The number of rotatable bonds is 8. The lowest BCUT2D eigenvalue weighted by Gasteiger charge is -2.03. The zero-order chi connectivity index (χ0) is 11.8. The first-order valence-electron chi connectivity index (χ1n) is 5.77. The Morgan fingerprint density at radius 1 is 1.44 bits per heavy atom. The minimum Gasteiger partial charge on any atom is -0.382 e. The molecule has 1 rings (SSSR count). The van der Waals surface area contributed by atoms with Gasteiger partial charge in [0, 0.05) is 24.6 Å². The van der Waals surface area contributed by atoms with E-state index in [0.717, 1.165) is 32.7 Å². The van der Waals surface area contributed by atoms with Gasteiger partial charge in [0.2, 0.25) is 0 Å². The van der Waals surface area contributed by atoms with Crippen LogP contribution in [0.2, 0.25) is 0 Å². The quantitative estimate of drug-likeness (QED) is 0.739. The van der Waals surface area contributed by atoms with Gasteiger partial charge >= 0.3 is 0 Å². The number of aryl methyl sites for hydroxylation is 1. The van der Waals surface area contributed by atoms with Crippen molar-refractivity contribution in [3.8, 4) is 0 Å². The van der Waals surface area contributed by atoms with E-state index >= 15 is 0 Å². The first-order chi connectivity index (χ1) is 7.74. The number of unbranched alkanes of at least 4 members (excludes halogenated alkanes) is 1. The third kappa shape index (κ3) is 5.43. The maximum absolute atomic E-state index is 5.29. The summed E-state index contributed by atoms with van der Waals surface area (Å²) in [6, 6.07) is 2.24. The third-order valence-electron chi connectivity index (χ3n) is 2.30. The van der Waals surface area contributed by atoms with E-state index in [-0.39, 0.29) is 0 Å². The van der Waals surface area contributed by atoms with Gasteiger partial charge in [0.1, 0.15) is 0 Å². The van der Waals surface area contributed by atoms with Gasteiger partial charge < -0.3 is 10.1 Å². The van der Waals surface area contributed by atoms with Gasteiger partial charge in [0.15, 0.2) is 0 Å². The molecule has 2 nitrogen and oxygen atoms in total. The predicted octanol–water partition coefficient (Wildman–Crippen LogP) is 3.73. The summed E-state index contributed by atoms with van der Waals surface area (Å²) in [5.74, 6) is 0. The lowest BCUT2D eigenvalue weighted by Crippen LogP contribution is -2.14. The van der Waals surface area contributed by atoms with Gasteiger partial charge in [0.05, 0.1) is 3.79 Å². The highest BCUT2D eigenvalue weighted by Crippen LogP contribution is 2.26. The molecule has 0 atom stereocenters. The largest absolute Gasteiger partial charge is 0.382 e. The molecule has 0 aliphatic rings. The van der Waals surface area contributed by atoms with E-state index in [0.29, 0.717) is 0 Å². The number of hydrogen-bond acceptors (Lipinski definition) is 3. The van der Waals surface area contributed by atoms with Crippen LogP contribution in [0.3, 0.4) is 0 Å². The van der Waals surface area contributed by atoms with E-state index in [4.69, 9.17) is 4.74 Å². The minimum atomic E-state index is 0.829. The summed E-state index contributed by atoms with van der Waals surface area (Å²) in [5.41, 5.74) is 1.33. The molecule has 1 heterocycles. The smallest absolute Gasteiger partial charge is 0.0730 e. The molecule has 4 heteroatoms. The molecule has 0 unspecified atom stereocenters. The second-order valence-electron chi connectivity index (χ2n) is 3.75. The van der Waals surface area contributed by atoms with Gasteiger partial charge in [-0.2, -0.15) is 0 Å². The van der Waals surface area contributed by atoms with Crippen LogP contribution in [0.1, 0.15) is 30.2 Å². The Labute approximate surface area is 111 Å². The monoisotopic (exact) mass is 305 g/mol. The summed E-state index contributed by atoms with van der Waals surface area (Å²) >= 11 is 5.36. The highest BCUT2D eigenvalue weighted by molar-refractivity contribution is 9.11. The molecule has 1 aromatic heterocycles. The van der Waals surface area contributed by atoms with Crippen molar-refractivity contribution >= 4 is 27.3 Å². The Bertz CT molecular complexity index is 282. The van der Waals surface area contributed by atoms with Crippen molar-refractivity contribution in [1.82, 2.24) is 5.32 Å². The van der Waals surface area contributed by atoms with Gasteiger partial charge in [-0.1, -0.05) is 0 Å². The maximum Gasteiger partial charge on any atom is 0.0730 e. The first kappa shape index (κ1) is 14.2. The SMILES string of the molecule is CCOCCCCNCc1cc(C)c(Br)s1. The van der Waals surface area contributed by atoms with Crippen molar-refractivity contribution < 1.29 is 4.74 Å². The van der Waals surface area contributed by atoms with Crippen LogP contribution in [0.4, 0.5) is 0 Å². The zero-order valence-electron chi connectivity index (χ0n) is 10.0. The average Bonchev–Trinajstić information content (AvgIpc) is 2.57. The Hall–Kier alpha value is 0.1000. The predicted molar refractivity (Wildman–Crippen MR) is 74.2 cm³/mol. The van der Waals surface area contributed by atoms with Crippen LogP contribution < -0.4 is 5.32 Å². The van der Waals surface area contributed by atoms with Crippen molar-refractivity contribution in [2.45, 2.75) is 33.2 Å². The summed E-state index contributed by atoms with van der Waals surface area (Å²) in [6.45, 7) is 7.94. The Morgan fingerprint density at radius 3 is 2.88 bits per heavy atom. The van der Waals surface area contributed by atoms with E-state index in [1.807, 2.05) is 18.3 Å². The van der Waals surface area contributed by atoms with Crippen molar-refractivity contribution in [3.05, 3.63) is 20.3 Å². The summed E-state index contributed by atoms with van der Waals surface area (Å²) in [5, 5.41) is 3.45. The highest BCUT2D eigenvalue weighted by Gasteiger charge is 2.01. The van der Waals surface area contributed by atoms with Crippen LogP contribution in [0, 0.1) is 6.92 Å². The average molecular weight is 306 g/mol. The van der Waals surface area contributed by atoms with Gasteiger partial charge in [-0.05, 0) is 60.8 Å². The van der Waals surface area contributed by atoms with E-state index in [2.05, 4.69) is 34.2 Å². The molecule has 0 fully saturated rings. The summed E-state index contributed by atoms with van der Waals surface area (Å²) in [4.78, 5) is 1.40. The van der Waals surface area contributed by atoms with Crippen LogP contribution >= 0.6 is 27.3 Å². The highest BCUT2D eigenvalue weighted by atomic mass is 79.9. The molecule has 0 aliphatic heterocycles. The Kier molecular flexibility index (Phi) is 7.28. The van der Waals surface area contributed by atoms with Gasteiger partial charge in [0.25, 0.3) is 0 Å². The first-order valence-corrected chi connectivity index (χ1v) is 7.38. The van der Waals surface area contributed by atoms with E-state index in [1.165, 1.54) is 20.6 Å². The standard InChI is InChI=1S/C12H20BrNOS/c1-3-15-7-5-4-6-14-9-11-8-10(2)12(13)16-11/h8,14H,3-7,9H2,1-2H3. The van der Waals surface area contributed by atoms with Crippen molar-refractivity contribution in [1.29, 1.82) is 0 Å². The molecule has 0 aliphatic carbocycles. The fraction of sp³-hybridized carbons (Fsp3) is 0.667. The molecule has 92 valence electrons. The van der Waals surface area contributed by atoms with Crippen molar-refractivity contribution in [3.63, 3.8) is 0 Å². The minimum absolute atomic E-state index is 0.829. The molecule has 16 heavy (non-hydrogen) atoms. The van der Waals surface area contributed by atoms with E-state index in [9.17, 15) is 0 Å². The molecule has 0 aromatic carbocycles. The molecular weight excluding hydrogens is 286 g/mol. The van der Waals surface area contributed by atoms with Crippen LogP contribution in [-0.2, 0) is 11.3 Å². The number of nitrogens with one attached hydrogen (secondary N) is 1. The Balaban J connectivity index is 2.03. The van der Waals surface area contributed by atoms with Crippen LogP contribution in [0.25, 0.3) is 0 Å². The van der Waals surface area contributed by atoms with Crippen LogP contribution in [0.15, 0.2) is 9.85 Å². The Morgan fingerprint density at radius 2 is 2.25 bits per heavy atom. The lowest BCUT2D eigenvalue weighted by molar-refractivity contribution is 0.143. The number of ether oxygens (including phenoxy) is 1. The normalized spacial score (nSPS) is 10.9. The second-order valence-corrected chi connectivity index (χ2v) is 6.20. The van der Waals surface area contributed by atoms with Gasteiger partial charge in [-0.3, -0.25) is 0 Å². The molecule has 0 saturated heterocycles. The van der Waals surface area contributed by atoms with Gasteiger partial charge in [-0.15, -0.1) is 11.3 Å². The van der Waals surface area contributed by atoms with E-state index in [1.54, 1.807) is 0 Å². The number of halogens is 1. The molecule has 0 amide bonds. The molecule has 1 N–H and O–H groups in total. The molecular formula is C12H20BrNOS. The maximum atomic E-state index is 5.29. The third-order valence-corrected chi connectivity index (χ3v) is 4.44. The zero-order valence-corrected chi connectivity index (χ0v) is 12.4. The fourth-order valence-electron chi connectivity index (χ4n) is 1.42. The summed E-state index contributed by atoms with van der Waals surface area (Å²) in [7, 11) is 0. The molecule has 0 spiro atoms. The number of thiophene rings is 1. The molecule has 0 bridgehead atoms. The summed E-state index contributed by atoms with van der Waals surface area (Å²) in [6.07, 6.45) is 2.33. The molecule has 0 saturated carbocycles. The number of hydrogen-bond donors (Lipinski definition) is 1. The van der Waals surface area contributed by atoms with Crippen molar-refractivity contribution in [2.24, 2.45) is 0 Å². The van der Waals surface area contributed by atoms with Gasteiger partial charge in [-0.25, -0.2) is 0 Å².